The fourth-order valence-electron chi connectivity index (χ4n) is 4.08. The summed E-state index contributed by atoms with van der Waals surface area (Å²) in [5.74, 6) is 0.938. The van der Waals surface area contributed by atoms with E-state index in [9.17, 15) is 4.79 Å². The molecule has 1 saturated carbocycles. The Bertz CT molecular complexity index is 755. The molecule has 1 amide bonds. The number of benzene rings is 1. The number of H-pyrrole nitrogens is 1. The van der Waals surface area contributed by atoms with Crippen molar-refractivity contribution in [3.63, 3.8) is 0 Å². The van der Waals surface area contributed by atoms with Gasteiger partial charge in [-0.05, 0) is 50.4 Å². The molecule has 5 nitrogen and oxygen atoms in total. The van der Waals surface area contributed by atoms with Gasteiger partial charge in [0.1, 0.15) is 0 Å². The van der Waals surface area contributed by atoms with E-state index in [1.165, 1.54) is 23.9 Å². The van der Waals surface area contributed by atoms with Crippen LogP contribution in [-0.4, -0.2) is 35.7 Å². The topological polar surface area (TPSA) is 61.0 Å². The first-order valence-electron chi connectivity index (χ1n) is 8.28. The molecular formula is C17H20N4O. The molecule has 1 spiro atoms. The third-order valence-electron chi connectivity index (χ3n) is 5.62. The first-order valence-corrected chi connectivity index (χ1v) is 8.28. The number of carbonyl (C=O) groups excluding carboxylic acids is 1. The SMILES string of the molecule is O=C1N(c2ccc3n[nH]c(C4CC4)c3c2)CC[C@]12CCNC2. The minimum absolute atomic E-state index is 0.148. The van der Waals surface area contributed by atoms with Crippen LogP contribution in [0, 0.1) is 5.41 Å². The van der Waals surface area contributed by atoms with Gasteiger partial charge >= 0.3 is 0 Å². The highest BCUT2D eigenvalue weighted by Crippen LogP contribution is 2.44. The second-order valence-electron chi connectivity index (χ2n) is 7.03. The molecule has 1 aromatic heterocycles. The highest BCUT2D eigenvalue weighted by molar-refractivity contribution is 6.02. The highest BCUT2D eigenvalue weighted by atomic mass is 16.2. The van der Waals surface area contributed by atoms with Crippen molar-refractivity contribution in [1.29, 1.82) is 0 Å². The fraction of sp³-hybridized carbons (Fsp3) is 0.529. The summed E-state index contributed by atoms with van der Waals surface area (Å²) < 4.78 is 0. The summed E-state index contributed by atoms with van der Waals surface area (Å²) in [6.07, 6.45) is 4.44. The average molecular weight is 296 g/mol. The third-order valence-corrected chi connectivity index (χ3v) is 5.62. The standard InChI is InChI=1S/C17H20N4O/c22-16-17(5-7-18-10-17)6-8-21(16)12-3-4-14-13(9-12)15(20-19-14)11-1-2-11/h3-4,9,11,18H,1-2,5-8,10H2,(H,19,20)/t17-/m0/s1. The van der Waals surface area contributed by atoms with E-state index in [1.54, 1.807) is 0 Å². The van der Waals surface area contributed by atoms with Gasteiger partial charge in [0, 0.05) is 35.8 Å². The zero-order valence-electron chi connectivity index (χ0n) is 12.6. The second-order valence-corrected chi connectivity index (χ2v) is 7.03. The van der Waals surface area contributed by atoms with Crippen LogP contribution in [0.5, 0.6) is 0 Å². The molecular weight excluding hydrogens is 276 g/mol. The number of aromatic nitrogens is 2. The Hall–Kier alpha value is -1.88. The fourth-order valence-corrected chi connectivity index (χ4v) is 4.08. The summed E-state index contributed by atoms with van der Waals surface area (Å²) >= 11 is 0. The van der Waals surface area contributed by atoms with Crippen LogP contribution in [0.25, 0.3) is 10.9 Å². The first kappa shape index (κ1) is 12.6. The molecule has 3 fully saturated rings. The number of anilines is 1. The van der Waals surface area contributed by atoms with Crippen LogP contribution in [-0.2, 0) is 4.79 Å². The van der Waals surface area contributed by atoms with E-state index < -0.39 is 0 Å². The van der Waals surface area contributed by atoms with Crippen molar-refractivity contribution in [3.8, 4) is 0 Å². The summed E-state index contributed by atoms with van der Waals surface area (Å²) in [4.78, 5) is 14.9. The summed E-state index contributed by atoms with van der Waals surface area (Å²) in [6, 6.07) is 6.24. The van der Waals surface area contributed by atoms with Crippen LogP contribution in [0.3, 0.4) is 0 Å². The molecule has 1 atom stereocenters. The molecule has 2 aromatic rings. The molecule has 5 heteroatoms. The van der Waals surface area contributed by atoms with Crippen molar-refractivity contribution in [2.24, 2.45) is 5.41 Å². The van der Waals surface area contributed by atoms with Crippen molar-refractivity contribution in [3.05, 3.63) is 23.9 Å². The quantitative estimate of drug-likeness (QED) is 0.892. The molecule has 1 aromatic carbocycles. The number of hydrogen-bond acceptors (Lipinski definition) is 3. The van der Waals surface area contributed by atoms with Gasteiger partial charge in [-0.25, -0.2) is 0 Å². The van der Waals surface area contributed by atoms with Gasteiger partial charge in [0.2, 0.25) is 5.91 Å². The molecule has 1 aliphatic carbocycles. The number of rotatable bonds is 2. The van der Waals surface area contributed by atoms with E-state index >= 15 is 0 Å². The monoisotopic (exact) mass is 296 g/mol. The van der Waals surface area contributed by atoms with Gasteiger partial charge in [-0.3, -0.25) is 9.89 Å². The number of carbonyl (C=O) groups is 1. The lowest BCUT2D eigenvalue weighted by molar-refractivity contribution is -0.124. The lowest BCUT2D eigenvalue weighted by Crippen LogP contribution is -2.36. The minimum atomic E-state index is -0.148. The number of amides is 1. The summed E-state index contributed by atoms with van der Waals surface area (Å²) in [7, 11) is 0. The van der Waals surface area contributed by atoms with Gasteiger partial charge < -0.3 is 10.2 Å². The van der Waals surface area contributed by atoms with E-state index in [0.29, 0.717) is 11.8 Å². The number of aromatic amines is 1. The molecule has 5 rings (SSSR count). The molecule has 0 unspecified atom stereocenters. The average Bonchev–Trinajstić information content (AvgIpc) is 2.99. The van der Waals surface area contributed by atoms with Crippen LogP contribution in [0.1, 0.15) is 37.3 Å². The Balaban J connectivity index is 1.53. The molecule has 3 heterocycles. The largest absolute Gasteiger partial charge is 0.316 e. The summed E-state index contributed by atoms with van der Waals surface area (Å²) in [5, 5.41) is 12.1. The Morgan fingerprint density at radius 2 is 2.18 bits per heavy atom. The number of nitrogens with one attached hydrogen (secondary N) is 2. The van der Waals surface area contributed by atoms with Gasteiger partial charge in [-0.2, -0.15) is 5.10 Å². The lowest BCUT2D eigenvalue weighted by atomic mass is 9.86. The molecule has 2 N–H and O–H groups in total. The van der Waals surface area contributed by atoms with Gasteiger partial charge in [-0.15, -0.1) is 0 Å². The molecule has 114 valence electrons. The molecule has 2 aliphatic heterocycles. The second kappa shape index (κ2) is 4.32. The molecule has 2 saturated heterocycles. The van der Waals surface area contributed by atoms with Crippen LogP contribution in [0.4, 0.5) is 5.69 Å². The van der Waals surface area contributed by atoms with E-state index in [2.05, 4.69) is 21.6 Å². The number of hydrogen-bond donors (Lipinski definition) is 2. The molecule has 3 aliphatic rings. The Morgan fingerprint density at radius 3 is 2.95 bits per heavy atom. The van der Waals surface area contributed by atoms with Crippen molar-refractivity contribution < 1.29 is 4.79 Å². The van der Waals surface area contributed by atoms with Crippen LogP contribution in [0.15, 0.2) is 18.2 Å². The van der Waals surface area contributed by atoms with Gasteiger partial charge in [-0.1, -0.05) is 0 Å². The third kappa shape index (κ3) is 1.69. The van der Waals surface area contributed by atoms with Gasteiger partial charge in [0.15, 0.2) is 0 Å². The number of nitrogens with zero attached hydrogens (tertiary/aromatic N) is 2. The maximum Gasteiger partial charge on any atom is 0.234 e. The first-order chi connectivity index (χ1) is 10.8. The maximum absolute atomic E-state index is 12.9. The van der Waals surface area contributed by atoms with E-state index in [0.717, 1.165) is 43.7 Å². The zero-order valence-corrected chi connectivity index (χ0v) is 12.6. The van der Waals surface area contributed by atoms with Crippen LogP contribution in [0.2, 0.25) is 0 Å². The predicted molar refractivity (Wildman–Crippen MR) is 85.0 cm³/mol. The Morgan fingerprint density at radius 1 is 1.27 bits per heavy atom. The highest BCUT2D eigenvalue weighted by Gasteiger charge is 2.48. The Labute approximate surface area is 129 Å². The van der Waals surface area contributed by atoms with Crippen LogP contribution >= 0.6 is 0 Å². The lowest BCUT2D eigenvalue weighted by Gasteiger charge is -2.22. The van der Waals surface area contributed by atoms with Crippen LogP contribution < -0.4 is 10.2 Å². The summed E-state index contributed by atoms with van der Waals surface area (Å²) in [6.45, 7) is 2.64. The minimum Gasteiger partial charge on any atom is -0.316 e. The zero-order chi connectivity index (χ0) is 14.7. The van der Waals surface area contributed by atoms with E-state index in [-0.39, 0.29) is 5.41 Å². The normalized spacial score (nSPS) is 28.4. The van der Waals surface area contributed by atoms with Crippen molar-refractivity contribution >= 4 is 22.5 Å². The van der Waals surface area contributed by atoms with E-state index in [1.807, 2.05) is 17.0 Å². The smallest absolute Gasteiger partial charge is 0.234 e. The van der Waals surface area contributed by atoms with Gasteiger partial charge in [0.25, 0.3) is 0 Å². The maximum atomic E-state index is 12.9. The van der Waals surface area contributed by atoms with Crippen molar-refractivity contribution in [2.45, 2.75) is 31.6 Å². The van der Waals surface area contributed by atoms with E-state index in [4.69, 9.17) is 0 Å². The van der Waals surface area contributed by atoms with Crippen molar-refractivity contribution in [1.82, 2.24) is 15.5 Å². The Kier molecular flexibility index (Phi) is 2.48. The predicted octanol–water partition coefficient (Wildman–Crippen LogP) is 2.16. The molecule has 0 bridgehead atoms. The molecule has 22 heavy (non-hydrogen) atoms. The van der Waals surface area contributed by atoms with Crippen molar-refractivity contribution in [2.75, 3.05) is 24.5 Å². The number of fused-ring (bicyclic) bond motifs is 1. The van der Waals surface area contributed by atoms with Gasteiger partial charge in [0.05, 0.1) is 10.9 Å². The molecule has 0 radical (unpaired) electrons. The summed E-state index contributed by atoms with van der Waals surface area (Å²) in [5.41, 5.74) is 3.14.